The molecule has 1 unspecified atom stereocenters. The first-order valence-electron chi connectivity index (χ1n) is 10.8. The first-order valence-corrected chi connectivity index (χ1v) is 12.5. The third-order valence-corrected chi connectivity index (χ3v) is 6.79. The Morgan fingerprint density at radius 2 is 1.82 bits per heavy atom. The number of nitrogens with one attached hydrogen (secondary N) is 1. The third-order valence-electron chi connectivity index (χ3n) is 5.11. The summed E-state index contributed by atoms with van der Waals surface area (Å²) in [5, 5.41) is 13.7. The highest BCUT2D eigenvalue weighted by Gasteiger charge is 2.23. The fourth-order valence-electron chi connectivity index (χ4n) is 3.38. The summed E-state index contributed by atoms with van der Waals surface area (Å²) in [6, 6.07) is 10.8. The predicted molar refractivity (Wildman–Crippen MR) is 134 cm³/mol. The predicted octanol–water partition coefficient (Wildman–Crippen LogP) is 5.50. The van der Waals surface area contributed by atoms with Crippen LogP contribution >= 0.6 is 35.0 Å². The van der Waals surface area contributed by atoms with Crippen LogP contribution in [0.2, 0.25) is 10.0 Å². The first kappa shape index (κ1) is 25.4. The van der Waals surface area contributed by atoms with Gasteiger partial charge in [-0.3, -0.25) is 9.79 Å². The molecule has 0 bridgehead atoms. The number of hydrogen-bond acceptors (Lipinski definition) is 5. The van der Waals surface area contributed by atoms with Crippen molar-refractivity contribution in [1.29, 1.82) is 0 Å². The molecule has 1 amide bonds. The molecule has 0 spiro atoms. The van der Waals surface area contributed by atoms with Crippen molar-refractivity contribution in [3.05, 3.63) is 63.6 Å². The molecule has 0 saturated heterocycles. The van der Waals surface area contributed by atoms with Crippen LogP contribution in [0.1, 0.15) is 41.6 Å². The number of benzene rings is 2. The van der Waals surface area contributed by atoms with Crippen LogP contribution in [0.4, 0.5) is 0 Å². The van der Waals surface area contributed by atoms with Gasteiger partial charge in [-0.1, -0.05) is 41.4 Å². The molecule has 2 aromatic rings. The van der Waals surface area contributed by atoms with Crippen molar-refractivity contribution >= 4 is 51.9 Å². The standard InChI is InChI=1S/C24H26Cl2N2O4S/c25-18-5-4-6-19(26)22(18)23(29)28-20(24(30)31)15-16-8-10-17(11-9-16)32-13-3-1-2-7-21-27-12-14-33-21/h4-6,8-11,20H,1-3,7,12-15H2,(H,28,29)(H,30,31). The quantitative estimate of drug-likeness (QED) is 0.369. The van der Waals surface area contributed by atoms with Gasteiger partial charge in [0.25, 0.3) is 5.91 Å². The lowest BCUT2D eigenvalue weighted by Gasteiger charge is -2.16. The van der Waals surface area contributed by atoms with Gasteiger partial charge in [0.1, 0.15) is 11.8 Å². The van der Waals surface area contributed by atoms with Crippen molar-refractivity contribution in [3.63, 3.8) is 0 Å². The Bertz CT molecular complexity index is 978. The maximum absolute atomic E-state index is 12.5. The van der Waals surface area contributed by atoms with E-state index >= 15 is 0 Å². The Balaban J connectivity index is 1.45. The van der Waals surface area contributed by atoms with Crippen LogP contribution in [0, 0.1) is 0 Å². The fraction of sp³-hybridized carbons (Fsp3) is 0.375. The Hall–Kier alpha value is -2.22. The van der Waals surface area contributed by atoms with Gasteiger partial charge in [-0.25, -0.2) is 4.79 Å². The SMILES string of the molecule is O=C(NC(Cc1ccc(OCCCCCC2=NCCS2)cc1)C(=O)O)c1c(Cl)cccc1Cl. The molecule has 0 fully saturated rings. The zero-order valence-electron chi connectivity index (χ0n) is 18.1. The molecule has 1 atom stereocenters. The van der Waals surface area contributed by atoms with Crippen LogP contribution < -0.4 is 10.1 Å². The van der Waals surface area contributed by atoms with Crippen LogP contribution in [0.15, 0.2) is 47.5 Å². The minimum absolute atomic E-state index is 0.0609. The lowest BCUT2D eigenvalue weighted by atomic mass is 10.1. The molecule has 1 aliphatic rings. The second-order valence-electron chi connectivity index (χ2n) is 7.59. The van der Waals surface area contributed by atoms with Crippen molar-refractivity contribution in [3.8, 4) is 5.75 Å². The van der Waals surface area contributed by atoms with Gasteiger partial charge in [-0.2, -0.15) is 0 Å². The second-order valence-corrected chi connectivity index (χ2v) is 9.57. The molecule has 33 heavy (non-hydrogen) atoms. The smallest absolute Gasteiger partial charge is 0.326 e. The fourth-order valence-corrected chi connectivity index (χ4v) is 4.84. The van der Waals surface area contributed by atoms with E-state index < -0.39 is 17.9 Å². The van der Waals surface area contributed by atoms with E-state index in [-0.39, 0.29) is 22.0 Å². The average Bonchev–Trinajstić information content (AvgIpc) is 3.30. The van der Waals surface area contributed by atoms with E-state index in [2.05, 4.69) is 10.3 Å². The average molecular weight is 509 g/mol. The number of carboxylic acid groups (broad SMARTS) is 1. The van der Waals surface area contributed by atoms with Crippen molar-refractivity contribution in [2.75, 3.05) is 18.9 Å². The summed E-state index contributed by atoms with van der Waals surface area (Å²) < 4.78 is 5.78. The van der Waals surface area contributed by atoms with Crippen LogP contribution in [0.25, 0.3) is 0 Å². The number of hydrogen-bond donors (Lipinski definition) is 2. The number of nitrogens with zero attached hydrogens (tertiary/aromatic N) is 1. The number of rotatable bonds is 12. The molecule has 0 aromatic heterocycles. The van der Waals surface area contributed by atoms with Crippen molar-refractivity contribution in [1.82, 2.24) is 5.32 Å². The van der Waals surface area contributed by atoms with E-state index in [9.17, 15) is 14.7 Å². The summed E-state index contributed by atoms with van der Waals surface area (Å²) in [5.41, 5.74) is 0.820. The Kier molecular flexibility index (Phi) is 9.91. The molecule has 0 saturated carbocycles. The number of aliphatic carboxylic acids is 1. The first-order chi connectivity index (χ1) is 15.9. The molecule has 176 valence electrons. The Morgan fingerprint density at radius 3 is 2.45 bits per heavy atom. The Morgan fingerprint density at radius 1 is 1.09 bits per heavy atom. The number of aliphatic imine (C=N–C) groups is 1. The summed E-state index contributed by atoms with van der Waals surface area (Å²) in [5.74, 6) is 0.0719. The zero-order valence-corrected chi connectivity index (χ0v) is 20.4. The summed E-state index contributed by atoms with van der Waals surface area (Å²) >= 11 is 14.0. The van der Waals surface area contributed by atoms with E-state index in [0.717, 1.165) is 49.3 Å². The lowest BCUT2D eigenvalue weighted by Crippen LogP contribution is -2.42. The van der Waals surface area contributed by atoms with Crippen LogP contribution in [-0.4, -0.2) is 47.0 Å². The van der Waals surface area contributed by atoms with Crippen LogP contribution in [0.5, 0.6) is 5.75 Å². The van der Waals surface area contributed by atoms with Crippen LogP contribution in [-0.2, 0) is 11.2 Å². The van der Waals surface area contributed by atoms with E-state index in [1.165, 1.54) is 17.2 Å². The van der Waals surface area contributed by atoms with Gasteiger partial charge >= 0.3 is 5.97 Å². The van der Waals surface area contributed by atoms with Gasteiger partial charge in [-0.15, -0.1) is 11.8 Å². The summed E-state index contributed by atoms with van der Waals surface area (Å²) in [4.78, 5) is 28.7. The maximum Gasteiger partial charge on any atom is 0.326 e. The number of carbonyl (C=O) groups is 2. The van der Waals surface area contributed by atoms with Gasteiger partial charge in [-0.05, 0) is 55.5 Å². The maximum atomic E-state index is 12.5. The van der Waals surface area contributed by atoms with E-state index in [0.29, 0.717) is 6.61 Å². The number of halogens is 2. The van der Waals surface area contributed by atoms with Gasteiger partial charge in [0, 0.05) is 18.7 Å². The lowest BCUT2D eigenvalue weighted by molar-refractivity contribution is -0.139. The van der Waals surface area contributed by atoms with Gasteiger partial charge in [0.05, 0.1) is 27.3 Å². The number of carboxylic acids is 1. The number of amides is 1. The van der Waals surface area contributed by atoms with Crippen molar-refractivity contribution in [2.24, 2.45) is 4.99 Å². The normalized spacial score (nSPS) is 13.9. The minimum atomic E-state index is -1.14. The highest BCUT2D eigenvalue weighted by atomic mass is 35.5. The van der Waals surface area contributed by atoms with E-state index in [1.807, 2.05) is 23.9 Å². The van der Waals surface area contributed by atoms with Crippen molar-refractivity contribution < 1.29 is 19.4 Å². The topological polar surface area (TPSA) is 88.0 Å². The number of carbonyl (C=O) groups excluding carboxylic acids is 1. The number of unbranched alkanes of at least 4 members (excludes halogenated alkanes) is 2. The summed E-state index contributed by atoms with van der Waals surface area (Å²) in [6.45, 7) is 1.58. The van der Waals surface area contributed by atoms with Gasteiger partial charge in [0.15, 0.2) is 0 Å². The van der Waals surface area contributed by atoms with Crippen molar-refractivity contribution in [2.45, 2.75) is 38.1 Å². The molecule has 0 radical (unpaired) electrons. The summed E-state index contributed by atoms with van der Waals surface area (Å²) in [6.07, 6.45) is 4.36. The van der Waals surface area contributed by atoms with Gasteiger partial charge in [0.2, 0.25) is 0 Å². The van der Waals surface area contributed by atoms with E-state index in [1.54, 1.807) is 18.2 Å². The van der Waals surface area contributed by atoms with Crippen LogP contribution in [0.3, 0.4) is 0 Å². The molecule has 6 nitrogen and oxygen atoms in total. The molecule has 3 rings (SSSR count). The highest BCUT2D eigenvalue weighted by Crippen LogP contribution is 2.24. The molecular weight excluding hydrogens is 483 g/mol. The zero-order chi connectivity index (χ0) is 23.6. The van der Waals surface area contributed by atoms with E-state index in [4.69, 9.17) is 27.9 Å². The molecule has 2 aromatic carbocycles. The molecule has 1 aliphatic heterocycles. The molecule has 9 heteroatoms. The second kappa shape index (κ2) is 12.9. The molecular formula is C24H26Cl2N2O4S. The highest BCUT2D eigenvalue weighted by molar-refractivity contribution is 8.14. The number of thioether (sulfide) groups is 1. The number of ether oxygens (including phenoxy) is 1. The summed E-state index contributed by atoms with van der Waals surface area (Å²) in [7, 11) is 0. The molecule has 1 heterocycles. The largest absolute Gasteiger partial charge is 0.494 e. The monoisotopic (exact) mass is 508 g/mol. The van der Waals surface area contributed by atoms with Gasteiger partial charge < -0.3 is 15.2 Å². The minimum Gasteiger partial charge on any atom is -0.494 e. The molecule has 2 N–H and O–H groups in total. The molecule has 0 aliphatic carbocycles. The third kappa shape index (κ3) is 7.95. The Labute approximate surface area is 207 Å².